The Morgan fingerprint density at radius 1 is 0.167 bits per heavy atom. The van der Waals surface area contributed by atoms with Gasteiger partial charge in [0.25, 0.3) is 0 Å². The number of hydrogen-bond donors (Lipinski definition) is 0. The molecule has 0 unspecified atom stereocenters. The Morgan fingerprint density at radius 2 is 0.364 bits per heavy atom. The SMILES string of the molecule is c1ccc(-c2ccc(N(c3ccc(-c4ccc(N(c5ccccc5)c5ccc(-c6ccc(-c7ccccc7)o6)cc5)cc4)cc3)c3ccc(-c4ccc(-c5ccccc5)o4)cc3)cc2)cc1. The Balaban J connectivity index is 0.870. The van der Waals surface area contributed by atoms with E-state index in [0.29, 0.717) is 0 Å². The van der Waals surface area contributed by atoms with E-state index in [1.54, 1.807) is 0 Å². The van der Waals surface area contributed by atoms with Crippen LogP contribution in [0.5, 0.6) is 0 Å². The molecule has 9 aromatic carbocycles. The molecule has 0 N–H and O–H groups in total. The summed E-state index contributed by atoms with van der Waals surface area (Å²) in [5.74, 6) is 3.39. The molecule has 314 valence electrons. The molecule has 11 rings (SSSR count). The van der Waals surface area contributed by atoms with E-state index in [9.17, 15) is 0 Å². The second kappa shape index (κ2) is 18.1. The summed E-state index contributed by atoms with van der Waals surface area (Å²) in [5.41, 5.74) is 15.2. The van der Waals surface area contributed by atoms with Gasteiger partial charge in [-0.15, -0.1) is 0 Å². The Morgan fingerprint density at radius 3 is 0.652 bits per heavy atom. The molecule has 0 bridgehead atoms. The predicted molar refractivity (Wildman–Crippen MR) is 273 cm³/mol. The van der Waals surface area contributed by atoms with Gasteiger partial charge in [0.2, 0.25) is 0 Å². The number of rotatable bonds is 12. The zero-order chi connectivity index (χ0) is 44.1. The van der Waals surface area contributed by atoms with Crippen LogP contribution < -0.4 is 9.80 Å². The fourth-order valence-corrected chi connectivity index (χ4v) is 8.56. The monoisotopic (exact) mass is 848 g/mol. The maximum absolute atomic E-state index is 6.31. The lowest BCUT2D eigenvalue weighted by Crippen LogP contribution is -2.10. The summed E-state index contributed by atoms with van der Waals surface area (Å²) in [5, 5.41) is 0. The third-order valence-electron chi connectivity index (χ3n) is 12.0. The number of furan rings is 2. The minimum absolute atomic E-state index is 0.835. The molecule has 0 radical (unpaired) electrons. The first-order valence-corrected chi connectivity index (χ1v) is 22.2. The van der Waals surface area contributed by atoms with Crippen LogP contribution in [0.3, 0.4) is 0 Å². The van der Waals surface area contributed by atoms with E-state index in [1.807, 2.05) is 60.7 Å². The molecule has 4 heteroatoms. The molecule has 4 nitrogen and oxygen atoms in total. The van der Waals surface area contributed by atoms with E-state index >= 15 is 0 Å². The average molecular weight is 849 g/mol. The molecule has 2 aromatic heterocycles. The van der Waals surface area contributed by atoms with Gasteiger partial charge in [-0.2, -0.15) is 0 Å². The second-order valence-corrected chi connectivity index (χ2v) is 16.2. The molecule has 11 aromatic rings. The van der Waals surface area contributed by atoms with Crippen LogP contribution in [-0.4, -0.2) is 0 Å². The van der Waals surface area contributed by atoms with E-state index < -0.39 is 0 Å². The van der Waals surface area contributed by atoms with Crippen LogP contribution in [0.2, 0.25) is 0 Å². The van der Waals surface area contributed by atoms with Gasteiger partial charge in [0.05, 0.1) is 0 Å². The van der Waals surface area contributed by atoms with E-state index in [2.05, 4.69) is 216 Å². The maximum Gasteiger partial charge on any atom is 0.134 e. The van der Waals surface area contributed by atoms with E-state index in [1.165, 1.54) is 11.1 Å². The van der Waals surface area contributed by atoms with Crippen LogP contribution in [0.1, 0.15) is 0 Å². The number of benzene rings is 9. The van der Waals surface area contributed by atoms with Gasteiger partial charge in [0, 0.05) is 56.4 Å². The first-order valence-electron chi connectivity index (χ1n) is 22.2. The van der Waals surface area contributed by atoms with Crippen molar-refractivity contribution in [3.63, 3.8) is 0 Å². The minimum Gasteiger partial charge on any atom is -0.456 e. The molecular weight excluding hydrogens is 805 g/mol. The molecule has 0 atom stereocenters. The molecule has 0 saturated carbocycles. The first-order chi connectivity index (χ1) is 32.7. The highest BCUT2D eigenvalue weighted by Gasteiger charge is 2.17. The first kappa shape index (κ1) is 40.0. The van der Waals surface area contributed by atoms with Crippen molar-refractivity contribution in [2.24, 2.45) is 0 Å². The highest BCUT2D eigenvalue weighted by molar-refractivity contribution is 5.83. The third kappa shape index (κ3) is 8.35. The fraction of sp³-hybridized carbons (Fsp3) is 0. The van der Waals surface area contributed by atoms with Crippen molar-refractivity contribution in [1.82, 2.24) is 0 Å². The van der Waals surface area contributed by atoms with Crippen molar-refractivity contribution >= 4 is 34.1 Å². The zero-order valence-corrected chi connectivity index (χ0v) is 36.1. The lowest BCUT2D eigenvalue weighted by atomic mass is 10.0. The van der Waals surface area contributed by atoms with Crippen molar-refractivity contribution in [1.29, 1.82) is 0 Å². The van der Waals surface area contributed by atoms with Gasteiger partial charge >= 0.3 is 0 Å². The van der Waals surface area contributed by atoms with Crippen LogP contribution >= 0.6 is 0 Å². The molecule has 0 amide bonds. The molecule has 0 aliphatic heterocycles. The van der Waals surface area contributed by atoms with E-state index in [0.717, 1.165) is 90.5 Å². The molecular formula is C62H44N2O2. The van der Waals surface area contributed by atoms with Gasteiger partial charge in [0.15, 0.2) is 0 Å². The second-order valence-electron chi connectivity index (χ2n) is 16.2. The van der Waals surface area contributed by atoms with Crippen LogP contribution in [0.25, 0.3) is 67.5 Å². The molecule has 2 heterocycles. The molecule has 0 saturated heterocycles. The summed E-state index contributed by atoms with van der Waals surface area (Å²) < 4.78 is 12.6. The van der Waals surface area contributed by atoms with Crippen molar-refractivity contribution < 1.29 is 8.83 Å². The lowest BCUT2D eigenvalue weighted by molar-refractivity contribution is 0.597. The molecule has 0 spiro atoms. The number of anilines is 6. The summed E-state index contributed by atoms with van der Waals surface area (Å²) in [6.07, 6.45) is 0. The van der Waals surface area contributed by atoms with Crippen molar-refractivity contribution in [2.75, 3.05) is 9.80 Å². The largest absolute Gasteiger partial charge is 0.456 e. The smallest absolute Gasteiger partial charge is 0.134 e. The minimum atomic E-state index is 0.835. The number of hydrogen-bond acceptors (Lipinski definition) is 4. The Hall–Kier alpha value is -8.86. The van der Waals surface area contributed by atoms with Crippen molar-refractivity contribution in [3.05, 3.63) is 267 Å². The van der Waals surface area contributed by atoms with Gasteiger partial charge < -0.3 is 18.6 Å². The van der Waals surface area contributed by atoms with Gasteiger partial charge in [-0.1, -0.05) is 146 Å². The Labute approximate surface area is 385 Å². The summed E-state index contributed by atoms with van der Waals surface area (Å²) in [7, 11) is 0. The summed E-state index contributed by atoms with van der Waals surface area (Å²) >= 11 is 0. The Kier molecular flexibility index (Phi) is 10.9. The molecule has 0 aliphatic rings. The fourth-order valence-electron chi connectivity index (χ4n) is 8.56. The average Bonchev–Trinajstić information content (AvgIpc) is 4.11. The molecule has 0 fully saturated rings. The summed E-state index contributed by atoms with van der Waals surface area (Å²) in [6.45, 7) is 0. The van der Waals surface area contributed by atoms with Gasteiger partial charge in [-0.3, -0.25) is 0 Å². The van der Waals surface area contributed by atoms with Crippen LogP contribution in [0, 0.1) is 0 Å². The lowest BCUT2D eigenvalue weighted by Gasteiger charge is -2.26. The van der Waals surface area contributed by atoms with E-state index in [4.69, 9.17) is 8.83 Å². The predicted octanol–water partition coefficient (Wildman–Crippen LogP) is 17.8. The molecule has 66 heavy (non-hydrogen) atoms. The third-order valence-corrected chi connectivity index (χ3v) is 12.0. The summed E-state index contributed by atoms with van der Waals surface area (Å²) in [4.78, 5) is 4.59. The maximum atomic E-state index is 6.31. The summed E-state index contributed by atoms with van der Waals surface area (Å²) in [6, 6.07) is 93.2. The molecule has 0 aliphatic carbocycles. The van der Waals surface area contributed by atoms with Crippen LogP contribution in [0.15, 0.2) is 276 Å². The van der Waals surface area contributed by atoms with Crippen molar-refractivity contribution in [3.8, 4) is 67.5 Å². The Bertz CT molecular complexity index is 3290. The highest BCUT2D eigenvalue weighted by Crippen LogP contribution is 2.40. The normalized spacial score (nSPS) is 11.0. The van der Waals surface area contributed by atoms with E-state index in [-0.39, 0.29) is 0 Å². The van der Waals surface area contributed by atoms with Gasteiger partial charge in [-0.05, 0) is 144 Å². The standard InChI is InChI=1S/C62H44N2O2/c1-5-13-45(14-6-1)46-21-31-55(32-22-46)64(58-39-29-52(30-40-58)62-44-42-60(66-62)50-17-9-3-10-18-50)56-35-25-48(26-36-56)47-23-33-54(34-24-47)63(53-19-11-4-12-20-53)57-37-27-51(28-38-57)61-43-41-59(65-61)49-15-7-2-8-16-49/h1-44H. The number of para-hydroxylation sites is 1. The van der Waals surface area contributed by atoms with Crippen LogP contribution in [-0.2, 0) is 0 Å². The van der Waals surface area contributed by atoms with Crippen LogP contribution in [0.4, 0.5) is 34.1 Å². The van der Waals surface area contributed by atoms with Crippen molar-refractivity contribution in [2.45, 2.75) is 0 Å². The quantitative estimate of drug-likeness (QED) is 0.123. The van der Waals surface area contributed by atoms with Gasteiger partial charge in [0.1, 0.15) is 23.0 Å². The highest BCUT2D eigenvalue weighted by atomic mass is 16.3. The number of nitrogens with zero attached hydrogens (tertiary/aromatic N) is 2. The topological polar surface area (TPSA) is 32.8 Å². The van der Waals surface area contributed by atoms with Gasteiger partial charge in [-0.25, -0.2) is 0 Å². The zero-order valence-electron chi connectivity index (χ0n) is 36.1.